The summed E-state index contributed by atoms with van der Waals surface area (Å²) in [6, 6.07) is 1.28. The standard InChI is InChI=1S/C14H31N3/c1-6-12(2)17-11-13(7-9-15)16(5)10-8-14(17,3)4/h12-13H,6-11,15H2,1-5H3. The summed E-state index contributed by atoms with van der Waals surface area (Å²) in [4.78, 5) is 5.19. The zero-order valence-corrected chi connectivity index (χ0v) is 12.4. The maximum Gasteiger partial charge on any atom is 0.0232 e. The highest BCUT2D eigenvalue weighted by atomic mass is 15.3. The summed E-state index contributed by atoms with van der Waals surface area (Å²) in [5.41, 5.74) is 6.06. The van der Waals surface area contributed by atoms with Crippen LogP contribution in [0.4, 0.5) is 0 Å². The van der Waals surface area contributed by atoms with Crippen molar-refractivity contribution in [3.63, 3.8) is 0 Å². The largest absolute Gasteiger partial charge is 0.330 e. The molecule has 1 aliphatic heterocycles. The molecule has 102 valence electrons. The number of nitrogens with zero attached hydrogens (tertiary/aromatic N) is 2. The predicted octanol–water partition coefficient (Wildman–Crippen LogP) is 1.92. The minimum Gasteiger partial charge on any atom is -0.330 e. The van der Waals surface area contributed by atoms with Crippen molar-refractivity contribution in [3.05, 3.63) is 0 Å². The number of hydrogen-bond donors (Lipinski definition) is 1. The van der Waals surface area contributed by atoms with Gasteiger partial charge in [-0.1, -0.05) is 6.92 Å². The van der Waals surface area contributed by atoms with Gasteiger partial charge in [0.25, 0.3) is 0 Å². The quantitative estimate of drug-likeness (QED) is 0.816. The third-order valence-electron chi connectivity index (χ3n) is 4.51. The molecule has 1 aliphatic rings. The van der Waals surface area contributed by atoms with Crippen LogP contribution in [0.2, 0.25) is 0 Å². The summed E-state index contributed by atoms with van der Waals surface area (Å²) in [6.45, 7) is 12.6. The van der Waals surface area contributed by atoms with Gasteiger partial charge in [0.2, 0.25) is 0 Å². The van der Waals surface area contributed by atoms with Crippen LogP contribution in [0.5, 0.6) is 0 Å². The van der Waals surface area contributed by atoms with Crippen molar-refractivity contribution in [1.82, 2.24) is 9.80 Å². The molecule has 0 amide bonds. The Morgan fingerprint density at radius 3 is 2.59 bits per heavy atom. The molecular weight excluding hydrogens is 210 g/mol. The molecule has 3 heteroatoms. The molecule has 2 atom stereocenters. The molecule has 2 N–H and O–H groups in total. The number of nitrogens with two attached hydrogens (primary N) is 1. The highest BCUT2D eigenvalue weighted by Crippen LogP contribution is 2.28. The molecule has 0 radical (unpaired) electrons. The Balaban J connectivity index is 2.82. The first-order chi connectivity index (χ1) is 7.92. The molecule has 1 rings (SSSR count). The average molecular weight is 241 g/mol. The molecule has 0 aromatic heterocycles. The van der Waals surface area contributed by atoms with Crippen molar-refractivity contribution in [1.29, 1.82) is 0 Å². The summed E-state index contributed by atoms with van der Waals surface area (Å²) in [5, 5.41) is 0. The second-order valence-corrected chi connectivity index (χ2v) is 6.18. The van der Waals surface area contributed by atoms with Gasteiger partial charge in [-0.3, -0.25) is 4.90 Å². The monoisotopic (exact) mass is 241 g/mol. The Bertz CT molecular complexity index is 228. The second kappa shape index (κ2) is 6.17. The molecule has 0 aromatic rings. The van der Waals surface area contributed by atoms with E-state index in [1.807, 2.05) is 0 Å². The molecule has 0 spiro atoms. The van der Waals surface area contributed by atoms with Crippen LogP contribution in [-0.2, 0) is 0 Å². The first kappa shape index (κ1) is 14.9. The molecule has 0 saturated carbocycles. The lowest BCUT2D eigenvalue weighted by Crippen LogP contribution is -2.51. The van der Waals surface area contributed by atoms with E-state index in [9.17, 15) is 0 Å². The highest BCUT2D eigenvalue weighted by Gasteiger charge is 2.35. The smallest absolute Gasteiger partial charge is 0.0232 e. The molecular formula is C14H31N3. The SMILES string of the molecule is CCC(C)N1CC(CCN)N(C)CCC1(C)C. The Labute approximate surface area is 107 Å². The van der Waals surface area contributed by atoms with Gasteiger partial charge in [0.15, 0.2) is 0 Å². The van der Waals surface area contributed by atoms with E-state index in [1.165, 1.54) is 19.4 Å². The van der Waals surface area contributed by atoms with E-state index >= 15 is 0 Å². The average Bonchev–Trinajstić information content (AvgIpc) is 2.39. The van der Waals surface area contributed by atoms with E-state index in [-0.39, 0.29) is 0 Å². The Kier molecular flexibility index (Phi) is 5.42. The van der Waals surface area contributed by atoms with Crippen LogP contribution in [0, 0.1) is 0 Å². The highest BCUT2D eigenvalue weighted by molar-refractivity contribution is 4.92. The van der Waals surface area contributed by atoms with Crippen molar-refractivity contribution in [3.8, 4) is 0 Å². The predicted molar refractivity (Wildman–Crippen MR) is 75.2 cm³/mol. The van der Waals surface area contributed by atoms with Gasteiger partial charge >= 0.3 is 0 Å². The topological polar surface area (TPSA) is 32.5 Å². The van der Waals surface area contributed by atoms with Crippen LogP contribution in [-0.4, -0.2) is 54.1 Å². The van der Waals surface area contributed by atoms with Crippen molar-refractivity contribution in [2.45, 2.75) is 64.6 Å². The number of rotatable bonds is 4. The molecule has 1 saturated heterocycles. The molecule has 17 heavy (non-hydrogen) atoms. The van der Waals surface area contributed by atoms with Crippen molar-refractivity contribution in [2.24, 2.45) is 5.73 Å². The Morgan fingerprint density at radius 2 is 2.06 bits per heavy atom. The molecule has 0 aliphatic carbocycles. The van der Waals surface area contributed by atoms with Gasteiger partial charge in [-0.2, -0.15) is 0 Å². The van der Waals surface area contributed by atoms with Crippen LogP contribution >= 0.6 is 0 Å². The second-order valence-electron chi connectivity index (χ2n) is 6.18. The third kappa shape index (κ3) is 3.67. The normalized spacial score (nSPS) is 28.9. The first-order valence-corrected chi connectivity index (χ1v) is 7.09. The van der Waals surface area contributed by atoms with Crippen LogP contribution < -0.4 is 5.73 Å². The minimum absolute atomic E-state index is 0.313. The van der Waals surface area contributed by atoms with Crippen LogP contribution in [0.15, 0.2) is 0 Å². The molecule has 1 heterocycles. The van der Waals surface area contributed by atoms with E-state index in [1.54, 1.807) is 0 Å². The first-order valence-electron chi connectivity index (χ1n) is 7.09. The zero-order valence-electron chi connectivity index (χ0n) is 12.4. The van der Waals surface area contributed by atoms with E-state index in [2.05, 4.69) is 44.5 Å². The lowest BCUT2D eigenvalue weighted by Gasteiger charge is -2.42. The summed E-state index contributed by atoms with van der Waals surface area (Å²) < 4.78 is 0. The number of hydrogen-bond acceptors (Lipinski definition) is 3. The molecule has 1 fully saturated rings. The van der Waals surface area contributed by atoms with Gasteiger partial charge in [-0.05, 0) is 60.2 Å². The van der Waals surface area contributed by atoms with Crippen molar-refractivity contribution in [2.75, 3.05) is 26.7 Å². The van der Waals surface area contributed by atoms with E-state index in [0.717, 1.165) is 19.5 Å². The summed E-state index contributed by atoms with van der Waals surface area (Å²) >= 11 is 0. The lowest BCUT2D eigenvalue weighted by atomic mass is 9.95. The lowest BCUT2D eigenvalue weighted by molar-refractivity contribution is 0.0694. The fraction of sp³-hybridized carbons (Fsp3) is 1.00. The minimum atomic E-state index is 0.313. The summed E-state index contributed by atoms with van der Waals surface area (Å²) in [6.07, 6.45) is 3.58. The van der Waals surface area contributed by atoms with Gasteiger partial charge in [0.05, 0.1) is 0 Å². The maximum absolute atomic E-state index is 5.75. The van der Waals surface area contributed by atoms with Crippen LogP contribution in [0.1, 0.15) is 47.0 Å². The summed E-state index contributed by atoms with van der Waals surface area (Å²) in [5.74, 6) is 0. The third-order valence-corrected chi connectivity index (χ3v) is 4.51. The zero-order chi connectivity index (χ0) is 13.1. The van der Waals surface area contributed by atoms with E-state index in [0.29, 0.717) is 17.6 Å². The molecule has 2 unspecified atom stereocenters. The van der Waals surface area contributed by atoms with Gasteiger partial charge in [0, 0.05) is 24.2 Å². The van der Waals surface area contributed by atoms with Crippen LogP contribution in [0.3, 0.4) is 0 Å². The van der Waals surface area contributed by atoms with Crippen molar-refractivity contribution < 1.29 is 0 Å². The number of likely N-dealkylation sites (N-methyl/N-ethyl adjacent to an activating group) is 1. The van der Waals surface area contributed by atoms with Crippen molar-refractivity contribution >= 4 is 0 Å². The van der Waals surface area contributed by atoms with Gasteiger partial charge in [-0.15, -0.1) is 0 Å². The van der Waals surface area contributed by atoms with E-state index < -0.39 is 0 Å². The molecule has 0 aromatic carbocycles. The van der Waals surface area contributed by atoms with Gasteiger partial charge in [-0.25, -0.2) is 0 Å². The summed E-state index contributed by atoms with van der Waals surface area (Å²) in [7, 11) is 2.25. The fourth-order valence-corrected chi connectivity index (χ4v) is 2.89. The molecule has 3 nitrogen and oxygen atoms in total. The van der Waals surface area contributed by atoms with Gasteiger partial charge < -0.3 is 10.6 Å². The van der Waals surface area contributed by atoms with E-state index in [4.69, 9.17) is 5.73 Å². The maximum atomic E-state index is 5.75. The Hall–Kier alpha value is -0.120. The van der Waals surface area contributed by atoms with Gasteiger partial charge in [0.1, 0.15) is 0 Å². The Morgan fingerprint density at radius 1 is 1.41 bits per heavy atom. The van der Waals surface area contributed by atoms with Crippen LogP contribution in [0.25, 0.3) is 0 Å². The molecule has 0 bridgehead atoms. The fourth-order valence-electron chi connectivity index (χ4n) is 2.89.